The lowest BCUT2D eigenvalue weighted by Crippen LogP contribution is -2.12. The van der Waals surface area contributed by atoms with E-state index in [4.69, 9.17) is 4.74 Å². The number of hydrogen-bond acceptors (Lipinski definition) is 4. The number of anilines is 1. The molecule has 0 saturated carbocycles. The third-order valence-electron chi connectivity index (χ3n) is 1.29. The molecule has 2 N–H and O–H groups in total. The average Bonchev–Trinajstić information content (AvgIpc) is 2.09. The van der Waals surface area contributed by atoms with E-state index in [2.05, 4.69) is 15.5 Å². The van der Waals surface area contributed by atoms with Crippen LogP contribution in [0.2, 0.25) is 0 Å². The Bertz CT molecular complexity index is 264. The summed E-state index contributed by atoms with van der Waals surface area (Å²) in [6, 6.07) is 3.04. The van der Waals surface area contributed by atoms with E-state index < -0.39 is 0 Å². The van der Waals surface area contributed by atoms with E-state index in [0.29, 0.717) is 19.0 Å². The van der Waals surface area contributed by atoms with E-state index in [0.717, 1.165) is 0 Å². The molecule has 0 spiro atoms. The molecule has 5 heteroatoms. The fourth-order valence-electron chi connectivity index (χ4n) is 0.724. The largest absolute Gasteiger partial charge is 0.383 e. The van der Waals surface area contributed by atoms with Gasteiger partial charge >= 0.3 is 0 Å². The first kappa shape index (κ1) is 8.73. The topological polar surface area (TPSA) is 67.0 Å². The number of ether oxygens (including phenoxy) is 1. The number of aromatic nitrogens is 2. The average molecular weight is 169 g/mol. The van der Waals surface area contributed by atoms with Gasteiger partial charge in [-0.25, -0.2) is 5.10 Å². The van der Waals surface area contributed by atoms with Gasteiger partial charge in [-0.15, -0.1) is 0 Å². The minimum Gasteiger partial charge on any atom is -0.383 e. The molecule has 12 heavy (non-hydrogen) atoms. The highest BCUT2D eigenvalue weighted by atomic mass is 16.5. The van der Waals surface area contributed by atoms with Gasteiger partial charge < -0.3 is 10.1 Å². The van der Waals surface area contributed by atoms with Crippen molar-refractivity contribution in [2.24, 2.45) is 0 Å². The second kappa shape index (κ2) is 4.50. The van der Waals surface area contributed by atoms with Crippen molar-refractivity contribution in [1.82, 2.24) is 10.2 Å². The zero-order valence-corrected chi connectivity index (χ0v) is 6.83. The molecule has 0 unspecified atom stereocenters. The maximum absolute atomic E-state index is 10.6. The molecule has 1 heterocycles. The molecule has 0 aliphatic heterocycles. The molecule has 1 rings (SSSR count). The first-order chi connectivity index (χ1) is 5.83. The van der Waals surface area contributed by atoms with Crippen LogP contribution in [-0.4, -0.2) is 30.5 Å². The molecule has 66 valence electrons. The van der Waals surface area contributed by atoms with Crippen LogP contribution in [-0.2, 0) is 4.74 Å². The van der Waals surface area contributed by atoms with Gasteiger partial charge in [0.05, 0.1) is 6.61 Å². The minimum atomic E-state index is -0.202. The number of aromatic amines is 1. The fraction of sp³-hybridized carbons (Fsp3) is 0.429. The van der Waals surface area contributed by atoms with Crippen molar-refractivity contribution in [3.05, 3.63) is 22.5 Å². The van der Waals surface area contributed by atoms with Gasteiger partial charge in [0, 0.05) is 19.7 Å². The predicted molar refractivity (Wildman–Crippen MR) is 45.2 cm³/mol. The molecule has 1 aromatic rings. The van der Waals surface area contributed by atoms with Crippen molar-refractivity contribution >= 4 is 5.82 Å². The second-order valence-electron chi connectivity index (χ2n) is 2.23. The summed E-state index contributed by atoms with van der Waals surface area (Å²) in [5.41, 5.74) is -0.202. The highest BCUT2D eigenvalue weighted by molar-refractivity contribution is 5.31. The van der Waals surface area contributed by atoms with Crippen LogP contribution in [0.4, 0.5) is 5.82 Å². The van der Waals surface area contributed by atoms with Gasteiger partial charge in [-0.3, -0.25) is 4.79 Å². The van der Waals surface area contributed by atoms with Gasteiger partial charge in [-0.2, -0.15) is 5.10 Å². The van der Waals surface area contributed by atoms with E-state index in [1.165, 1.54) is 6.07 Å². The van der Waals surface area contributed by atoms with Crippen LogP contribution in [0, 0.1) is 0 Å². The quantitative estimate of drug-likeness (QED) is 0.614. The van der Waals surface area contributed by atoms with E-state index >= 15 is 0 Å². The summed E-state index contributed by atoms with van der Waals surface area (Å²) in [6.45, 7) is 1.29. The van der Waals surface area contributed by atoms with Crippen LogP contribution in [0.25, 0.3) is 0 Å². The molecule has 0 atom stereocenters. The highest BCUT2D eigenvalue weighted by Crippen LogP contribution is 1.93. The summed E-state index contributed by atoms with van der Waals surface area (Å²) in [5.74, 6) is 0.645. The minimum absolute atomic E-state index is 0.202. The summed E-state index contributed by atoms with van der Waals surface area (Å²) in [4.78, 5) is 10.6. The fourth-order valence-corrected chi connectivity index (χ4v) is 0.724. The zero-order valence-electron chi connectivity index (χ0n) is 6.83. The molecule has 1 aromatic heterocycles. The molecule has 0 fully saturated rings. The molecule has 0 bridgehead atoms. The van der Waals surface area contributed by atoms with Gasteiger partial charge in [0.15, 0.2) is 0 Å². The SMILES string of the molecule is COCCNc1ccc(=O)[nH]n1. The number of hydrogen-bond donors (Lipinski definition) is 2. The van der Waals surface area contributed by atoms with Crippen molar-refractivity contribution in [3.63, 3.8) is 0 Å². The Hall–Kier alpha value is -1.36. The van der Waals surface area contributed by atoms with Crippen LogP contribution in [0.15, 0.2) is 16.9 Å². The first-order valence-corrected chi connectivity index (χ1v) is 3.61. The summed E-state index contributed by atoms with van der Waals surface area (Å²) in [6.07, 6.45) is 0. The molecule has 5 nitrogen and oxygen atoms in total. The third-order valence-corrected chi connectivity index (χ3v) is 1.29. The summed E-state index contributed by atoms with van der Waals surface area (Å²) < 4.78 is 4.83. The van der Waals surface area contributed by atoms with E-state index in [1.807, 2.05) is 0 Å². The summed E-state index contributed by atoms with van der Waals surface area (Å²) >= 11 is 0. The molecular weight excluding hydrogens is 158 g/mol. The Morgan fingerprint density at radius 2 is 2.50 bits per heavy atom. The van der Waals surface area contributed by atoms with Crippen LogP contribution < -0.4 is 10.9 Å². The monoisotopic (exact) mass is 169 g/mol. The molecule has 0 amide bonds. The number of H-pyrrole nitrogens is 1. The number of nitrogens with zero attached hydrogens (tertiary/aromatic N) is 1. The Labute approximate surface area is 69.8 Å². The summed E-state index contributed by atoms with van der Waals surface area (Å²) in [7, 11) is 1.63. The Kier molecular flexibility index (Phi) is 3.28. The van der Waals surface area contributed by atoms with Crippen molar-refractivity contribution < 1.29 is 4.74 Å². The van der Waals surface area contributed by atoms with Crippen molar-refractivity contribution in [3.8, 4) is 0 Å². The zero-order chi connectivity index (χ0) is 8.81. The molecule has 0 aliphatic rings. The maximum atomic E-state index is 10.6. The Morgan fingerprint density at radius 1 is 1.67 bits per heavy atom. The van der Waals surface area contributed by atoms with Gasteiger partial charge in [0.2, 0.25) is 0 Å². The van der Waals surface area contributed by atoms with Crippen LogP contribution in [0.5, 0.6) is 0 Å². The van der Waals surface area contributed by atoms with Gasteiger partial charge in [0.25, 0.3) is 5.56 Å². The van der Waals surface area contributed by atoms with E-state index in [1.54, 1.807) is 13.2 Å². The normalized spacial score (nSPS) is 9.75. The van der Waals surface area contributed by atoms with E-state index in [-0.39, 0.29) is 5.56 Å². The van der Waals surface area contributed by atoms with Crippen molar-refractivity contribution in [2.45, 2.75) is 0 Å². The first-order valence-electron chi connectivity index (χ1n) is 3.61. The maximum Gasteiger partial charge on any atom is 0.264 e. The van der Waals surface area contributed by atoms with Crippen molar-refractivity contribution in [2.75, 3.05) is 25.6 Å². The molecule has 0 aliphatic carbocycles. The summed E-state index contributed by atoms with van der Waals surface area (Å²) in [5, 5.41) is 9.03. The molecule has 0 saturated heterocycles. The number of nitrogens with one attached hydrogen (secondary N) is 2. The third kappa shape index (κ3) is 2.71. The molecule has 0 radical (unpaired) electrons. The highest BCUT2D eigenvalue weighted by Gasteiger charge is 1.90. The molecular formula is C7H11N3O2. The smallest absolute Gasteiger partial charge is 0.264 e. The Balaban J connectivity index is 2.42. The van der Waals surface area contributed by atoms with Gasteiger partial charge in [0.1, 0.15) is 5.82 Å². The lowest BCUT2D eigenvalue weighted by Gasteiger charge is -2.02. The Morgan fingerprint density at radius 3 is 3.08 bits per heavy atom. The lowest BCUT2D eigenvalue weighted by molar-refractivity contribution is 0.210. The van der Waals surface area contributed by atoms with E-state index in [9.17, 15) is 4.79 Å². The lowest BCUT2D eigenvalue weighted by atomic mass is 10.5. The van der Waals surface area contributed by atoms with Gasteiger partial charge in [-0.1, -0.05) is 0 Å². The van der Waals surface area contributed by atoms with Gasteiger partial charge in [-0.05, 0) is 6.07 Å². The predicted octanol–water partition coefficient (Wildman–Crippen LogP) is -0.172. The second-order valence-corrected chi connectivity index (χ2v) is 2.23. The van der Waals surface area contributed by atoms with Crippen LogP contribution in [0.3, 0.4) is 0 Å². The van der Waals surface area contributed by atoms with Crippen molar-refractivity contribution in [1.29, 1.82) is 0 Å². The number of rotatable bonds is 4. The van der Waals surface area contributed by atoms with Crippen LogP contribution >= 0.6 is 0 Å². The number of methoxy groups -OCH3 is 1. The molecule has 0 aromatic carbocycles. The van der Waals surface area contributed by atoms with Crippen LogP contribution in [0.1, 0.15) is 0 Å². The standard InChI is InChI=1S/C7H11N3O2/c1-12-5-4-8-6-2-3-7(11)10-9-6/h2-3H,4-5H2,1H3,(H,8,9)(H,10,11).